The summed E-state index contributed by atoms with van der Waals surface area (Å²) in [6, 6.07) is 9.36. The Balaban J connectivity index is 2.16. The quantitative estimate of drug-likeness (QED) is 0.938. The summed E-state index contributed by atoms with van der Waals surface area (Å²) in [5, 5.41) is 2.98. The maximum atomic E-state index is 12.2. The van der Waals surface area contributed by atoms with Gasteiger partial charge in [-0.2, -0.15) is 0 Å². The molecule has 0 fully saturated rings. The van der Waals surface area contributed by atoms with Gasteiger partial charge < -0.3 is 5.32 Å². The van der Waals surface area contributed by atoms with E-state index >= 15 is 0 Å². The molecule has 98 valence electrons. The molecule has 4 heteroatoms. The maximum absolute atomic E-state index is 12.2. The molecular weight excluding hydrogens is 304 g/mol. The average molecular weight is 319 g/mol. The van der Waals surface area contributed by atoms with Crippen LogP contribution in [0.5, 0.6) is 0 Å². The van der Waals surface area contributed by atoms with E-state index in [0.29, 0.717) is 5.56 Å². The normalized spacial score (nSPS) is 11.9. The molecule has 0 saturated carbocycles. The standard InChI is InChI=1S/C15H15BrN2O/c1-10-13(6-3-7-14(10)16)15(19)18-11(2)12-5-4-8-17-9-12/h3-9,11H,1-2H3,(H,18,19). The number of amides is 1. The first kappa shape index (κ1) is 13.7. The second kappa shape index (κ2) is 5.97. The molecule has 0 aliphatic carbocycles. The summed E-state index contributed by atoms with van der Waals surface area (Å²) >= 11 is 3.44. The second-order valence-corrected chi connectivity index (χ2v) is 5.25. The molecule has 0 aliphatic heterocycles. The summed E-state index contributed by atoms with van der Waals surface area (Å²) in [7, 11) is 0. The molecule has 1 aromatic heterocycles. The number of rotatable bonds is 3. The number of carbonyl (C=O) groups is 1. The van der Waals surface area contributed by atoms with Crippen molar-refractivity contribution >= 4 is 21.8 Å². The summed E-state index contributed by atoms with van der Waals surface area (Å²) in [6.45, 7) is 3.87. The summed E-state index contributed by atoms with van der Waals surface area (Å²) in [6.07, 6.45) is 3.48. The van der Waals surface area contributed by atoms with E-state index in [1.807, 2.05) is 44.2 Å². The van der Waals surface area contributed by atoms with E-state index in [-0.39, 0.29) is 11.9 Å². The van der Waals surface area contributed by atoms with E-state index in [9.17, 15) is 4.79 Å². The number of benzene rings is 1. The van der Waals surface area contributed by atoms with Crippen LogP contribution in [0.25, 0.3) is 0 Å². The summed E-state index contributed by atoms with van der Waals surface area (Å²) < 4.78 is 0.939. The van der Waals surface area contributed by atoms with E-state index in [0.717, 1.165) is 15.6 Å². The van der Waals surface area contributed by atoms with Gasteiger partial charge in [-0.05, 0) is 43.2 Å². The van der Waals surface area contributed by atoms with Gasteiger partial charge in [0.2, 0.25) is 0 Å². The lowest BCUT2D eigenvalue weighted by Gasteiger charge is -2.15. The fourth-order valence-corrected chi connectivity index (χ4v) is 2.21. The number of hydrogen-bond acceptors (Lipinski definition) is 2. The Kier molecular flexibility index (Phi) is 4.32. The van der Waals surface area contributed by atoms with Crippen LogP contribution in [0, 0.1) is 6.92 Å². The smallest absolute Gasteiger partial charge is 0.252 e. The van der Waals surface area contributed by atoms with Gasteiger partial charge >= 0.3 is 0 Å². The molecule has 1 aromatic carbocycles. The van der Waals surface area contributed by atoms with E-state index in [1.54, 1.807) is 12.4 Å². The topological polar surface area (TPSA) is 42.0 Å². The van der Waals surface area contributed by atoms with Crippen LogP contribution in [0.3, 0.4) is 0 Å². The van der Waals surface area contributed by atoms with Crippen molar-refractivity contribution in [3.63, 3.8) is 0 Å². The van der Waals surface area contributed by atoms with Crippen molar-refractivity contribution in [2.75, 3.05) is 0 Å². The number of nitrogens with one attached hydrogen (secondary N) is 1. The van der Waals surface area contributed by atoms with Crippen LogP contribution in [0.2, 0.25) is 0 Å². The third-order valence-electron chi connectivity index (χ3n) is 3.04. The zero-order valence-corrected chi connectivity index (χ0v) is 12.4. The molecule has 2 aromatic rings. The molecular formula is C15H15BrN2O. The van der Waals surface area contributed by atoms with Crippen molar-refractivity contribution in [2.45, 2.75) is 19.9 Å². The largest absolute Gasteiger partial charge is 0.345 e. The molecule has 1 atom stereocenters. The highest BCUT2D eigenvalue weighted by Gasteiger charge is 2.14. The molecule has 1 heterocycles. The van der Waals surface area contributed by atoms with Crippen LogP contribution in [-0.2, 0) is 0 Å². The van der Waals surface area contributed by atoms with Gasteiger partial charge in [-0.3, -0.25) is 9.78 Å². The van der Waals surface area contributed by atoms with Crippen LogP contribution < -0.4 is 5.32 Å². The van der Waals surface area contributed by atoms with Crippen molar-refractivity contribution in [3.8, 4) is 0 Å². The number of carbonyl (C=O) groups excluding carboxylic acids is 1. The van der Waals surface area contributed by atoms with Crippen LogP contribution >= 0.6 is 15.9 Å². The molecule has 1 amide bonds. The van der Waals surface area contributed by atoms with Gasteiger partial charge in [0.05, 0.1) is 6.04 Å². The summed E-state index contributed by atoms with van der Waals surface area (Å²) in [5.41, 5.74) is 2.62. The lowest BCUT2D eigenvalue weighted by molar-refractivity contribution is 0.0939. The first-order chi connectivity index (χ1) is 9.09. The van der Waals surface area contributed by atoms with Crippen LogP contribution in [0.15, 0.2) is 47.2 Å². The third kappa shape index (κ3) is 3.20. The molecule has 0 saturated heterocycles. The molecule has 2 rings (SSSR count). The predicted molar refractivity (Wildman–Crippen MR) is 79.0 cm³/mol. The van der Waals surface area contributed by atoms with Crippen molar-refractivity contribution < 1.29 is 4.79 Å². The second-order valence-electron chi connectivity index (χ2n) is 4.39. The Morgan fingerprint density at radius 2 is 2.11 bits per heavy atom. The number of nitrogens with zero attached hydrogens (tertiary/aromatic N) is 1. The fraction of sp³-hybridized carbons (Fsp3) is 0.200. The van der Waals surface area contributed by atoms with Crippen molar-refractivity contribution in [1.82, 2.24) is 10.3 Å². The first-order valence-electron chi connectivity index (χ1n) is 6.05. The monoisotopic (exact) mass is 318 g/mol. The molecule has 1 unspecified atom stereocenters. The van der Waals surface area contributed by atoms with Gasteiger partial charge in [0, 0.05) is 22.4 Å². The third-order valence-corrected chi connectivity index (χ3v) is 3.90. The minimum absolute atomic E-state index is 0.0698. The van der Waals surface area contributed by atoms with E-state index in [4.69, 9.17) is 0 Å². The summed E-state index contributed by atoms with van der Waals surface area (Å²) in [4.78, 5) is 16.3. The highest BCUT2D eigenvalue weighted by Crippen LogP contribution is 2.20. The van der Waals surface area contributed by atoms with Gasteiger partial charge in [0.1, 0.15) is 0 Å². The zero-order valence-electron chi connectivity index (χ0n) is 10.9. The first-order valence-corrected chi connectivity index (χ1v) is 6.85. The number of halogens is 1. The van der Waals surface area contributed by atoms with Crippen LogP contribution in [0.4, 0.5) is 0 Å². The number of hydrogen-bond donors (Lipinski definition) is 1. The van der Waals surface area contributed by atoms with Crippen molar-refractivity contribution in [2.24, 2.45) is 0 Å². The Bertz CT molecular complexity index is 584. The predicted octanol–water partition coefficient (Wildman–Crippen LogP) is 3.64. The van der Waals surface area contributed by atoms with Crippen molar-refractivity contribution in [1.29, 1.82) is 0 Å². The van der Waals surface area contributed by atoms with E-state index < -0.39 is 0 Å². The van der Waals surface area contributed by atoms with Gasteiger partial charge in [0.15, 0.2) is 0 Å². The average Bonchev–Trinajstić information content (AvgIpc) is 2.42. The Labute approximate surface area is 121 Å². The van der Waals surface area contributed by atoms with Gasteiger partial charge in [-0.25, -0.2) is 0 Å². The number of aromatic nitrogens is 1. The fourth-order valence-electron chi connectivity index (χ4n) is 1.84. The number of pyridine rings is 1. The minimum Gasteiger partial charge on any atom is -0.345 e. The van der Waals surface area contributed by atoms with Crippen LogP contribution in [-0.4, -0.2) is 10.9 Å². The molecule has 0 aliphatic rings. The molecule has 3 nitrogen and oxygen atoms in total. The van der Waals surface area contributed by atoms with Gasteiger partial charge in [-0.15, -0.1) is 0 Å². The molecule has 0 radical (unpaired) electrons. The Morgan fingerprint density at radius 1 is 1.32 bits per heavy atom. The molecule has 19 heavy (non-hydrogen) atoms. The molecule has 0 bridgehead atoms. The van der Waals surface area contributed by atoms with Gasteiger partial charge in [-0.1, -0.05) is 28.1 Å². The van der Waals surface area contributed by atoms with Crippen LogP contribution in [0.1, 0.15) is 34.5 Å². The van der Waals surface area contributed by atoms with Gasteiger partial charge in [0.25, 0.3) is 5.91 Å². The molecule has 0 spiro atoms. The zero-order chi connectivity index (χ0) is 13.8. The van der Waals surface area contributed by atoms with E-state index in [2.05, 4.69) is 26.2 Å². The highest BCUT2D eigenvalue weighted by molar-refractivity contribution is 9.10. The minimum atomic E-state index is -0.0739. The lowest BCUT2D eigenvalue weighted by Crippen LogP contribution is -2.27. The van der Waals surface area contributed by atoms with Crippen molar-refractivity contribution in [3.05, 3.63) is 63.9 Å². The van der Waals surface area contributed by atoms with E-state index in [1.165, 1.54) is 0 Å². The lowest BCUT2D eigenvalue weighted by atomic mass is 10.1. The highest BCUT2D eigenvalue weighted by atomic mass is 79.9. The maximum Gasteiger partial charge on any atom is 0.252 e. The Hall–Kier alpha value is -1.68. The Morgan fingerprint density at radius 3 is 2.79 bits per heavy atom. The SMILES string of the molecule is Cc1c(Br)cccc1C(=O)NC(C)c1cccnc1. The summed E-state index contributed by atoms with van der Waals surface area (Å²) in [5.74, 6) is -0.0739. The molecule has 1 N–H and O–H groups in total.